The summed E-state index contributed by atoms with van der Waals surface area (Å²) in [7, 11) is -4.49. The number of rotatable bonds is 14. The predicted octanol–water partition coefficient (Wildman–Crippen LogP) is -0.00800. The Hall–Kier alpha value is -5.16. The van der Waals surface area contributed by atoms with Crippen LogP contribution in [0.5, 0.6) is 5.75 Å². The number of hydrogen-bond donors (Lipinski definition) is 1. The van der Waals surface area contributed by atoms with Gasteiger partial charge in [-0.2, -0.15) is 8.42 Å². The van der Waals surface area contributed by atoms with E-state index >= 15 is 0 Å². The van der Waals surface area contributed by atoms with Gasteiger partial charge in [0.1, 0.15) is 42.9 Å². The van der Waals surface area contributed by atoms with E-state index in [-0.39, 0.29) is 11.3 Å². The molecule has 22 heteroatoms. The van der Waals surface area contributed by atoms with Crippen molar-refractivity contribution in [3.63, 3.8) is 0 Å². The van der Waals surface area contributed by atoms with Crippen molar-refractivity contribution in [2.24, 2.45) is 11.8 Å². The molecule has 1 saturated carbocycles. The van der Waals surface area contributed by atoms with E-state index in [1.165, 1.54) is 37.3 Å². The zero-order valence-corrected chi connectivity index (χ0v) is 32.5. The molecule has 3 aliphatic rings. The number of carbonyl (C=O) groups is 7. The van der Waals surface area contributed by atoms with Crippen LogP contribution in [-0.2, 0) is 85.7 Å². The summed E-state index contributed by atoms with van der Waals surface area (Å²) in [5, 5.41) is 12.4. The summed E-state index contributed by atoms with van der Waals surface area (Å²) < 4.78 is 86.0. The summed E-state index contributed by atoms with van der Waals surface area (Å²) >= 11 is 0. The van der Waals surface area contributed by atoms with Gasteiger partial charge in [0.05, 0.1) is 24.0 Å². The van der Waals surface area contributed by atoms with Gasteiger partial charge in [-0.15, -0.1) is 0 Å². The third kappa shape index (κ3) is 11.5. The number of esters is 7. The van der Waals surface area contributed by atoms with E-state index in [0.717, 1.165) is 40.9 Å². The molecule has 0 bridgehead atoms. The van der Waals surface area contributed by atoms with Gasteiger partial charge in [-0.25, -0.2) is 4.79 Å². The van der Waals surface area contributed by atoms with E-state index in [9.17, 15) is 47.1 Å². The highest BCUT2D eigenvalue weighted by atomic mass is 32.2. The Morgan fingerprint density at radius 2 is 1.30 bits per heavy atom. The Balaban J connectivity index is 1.80. The molecule has 0 amide bonds. The van der Waals surface area contributed by atoms with Crippen LogP contribution in [-0.4, -0.2) is 130 Å². The summed E-state index contributed by atoms with van der Waals surface area (Å²) in [6.45, 7) is 4.68. The van der Waals surface area contributed by atoms with Crippen molar-refractivity contribution in [2.45, 2.75) is 96.3 Å². The van der Waals surface area contributed by atoms with Gasteiger partial charge >= 0.3 is 41.8 Å². The molecule has 1 saturated heterocycles. The Morgan fingerprint density at radius 1 is 0.719 bits per heavy atom. The summed E-state index contributed by atoms with van der Waals surface area (Å²) in [5.74, 6) is -8.90. The lowest BCUT2D eigenvalue weighted by Crippen LogP contribution is -2.64. The summed E-state index contributed by atoms with van der Waals surface area (Å²) in [4.78, 5) is 85.7. The second kappa shape index (κ2) is 18.4. The zero-order valence-electron chi connectivity index (χ0n) is 31.7. The lowest BCUT2D eigenvalue weighted by atomic mass is 9.83. The van der Waals surface area contributed by atoms with E-state index < -0.39 is 132 Å². The smallest absolute Gasteiger partial charge is 0.338 e. The van der Waals surface area contributed by atoms with Crippen molar-refractivity contribution in [1.82, 2.24) is 0 Å². The molecule has 1 N–H and O–H groups in total. The minimum atomic E-state index is -4.49. The van der Waals surface area contributed by atoms with Crippen molar-refractivity contribution in [3.05, 3.63) is 42.2 Å². The van der Waals surface area contributed by atoms with Crippen LogP contribution >= 0.6 is 0 Å². The molecule has 57 heavy (non-hydrogen) atoms. The van der Waals surface area contributed by atoms with Gasteiger partial charge in [-0.1, -0.05) is 0 Å². The first-order valence-electron chi connectivity index (χ1n) is 17.1. The van der Waals surface area contributed by atoms with E-state index in [1.807, 2.05) is 0 Å². The van der Waals surface area contributed by atoms with Crippen molar-refractivity contribution >= 4 is 51.9 Å². The standard InChI is InChI=1S/C35H42O21S/c1-16(36)47-14-25-28(50-19(4)39)29(51-20(5)40)30(52-21(6)41)34(53-25)55-33-26-24(12-13-46-33)27(31(56-57(7,44)45)35(26,43)15-48-17(2)37)54-32(42)22-8-10-23(11-9-22)49-18(3)38/h8-13,24-31,33-34,43H,14-15H2,1-7H3/t24-,25-,26-,27+,28-,29+,30-,31-,33-,34+,35-/m1/s1. The van der Waals surface area contributed by atoms with Crippen molar-refractivity contribution in [2.75, 3.05) is 19.5 Å². The first-order valence-corrected chi connectivity index (χ1v) is 18.9. The SMILES string of the molecule is CC(=O)OC[C@H]1O[C@@H](O[C@H]2OC=C[C@H]3[C@H](OC(=O)c4ccc(OC(C)=O)cc4)[C@@H](OS(C)(=O)=O)[C@@](O)(COC(C)=O)[C@@H]23)[C@H](OC(C)=O)[C@@H](OC(C)=O)[C@@H]1OC(C)=O. The highest BCUT2D eigenvalue weighted by molar-refractivity contribution is 7.86. The summed E-state index contributed by atoms with van der Waals surface area (Å²) in [6, 6.07) is 5.09. The van der Waals surface area contributed by atoms with Crippen LogP contribution in [0.15, 0.2) is 36.6 Å². The van der Waals surface area contributed by atoms with E-state index in [0.29, 0.717) is 6.26 Å². The van der Waals surface area contributed by atoms with Crippen LogP contribution in [0.1, 0.15) is 51.9 Å². The molecule has 11 atom stereocenters. The molecule has 1 aliphatic carbocycles. The maximum absolute atomic E-state index is 13.5. The molecular weight excluding hydrogens is 788 g/mol. The average Bonchev–Trinajstić information content (AvgIpc) is 3.31. The number of carbonyl (C=O) groups excluding carboxylic acids is 7. The minimum absolute atomic E-state index is 0.0997. The van der Waals surface area contributed by atoms with Crippen molar-refractivity contribution in [3.8, 4) is 5.75 Å². The van der Waals surface area contributed by atoms with Gasteiger partial charge in [-0.05, 0) is 30.3 Å². The van der Waals surface area contributed by atoms with Gasteiger partial charge in [0.2, 0.25) is 12.6 Å². The first-order chi connectivity index (χ1) is 26.6. The highest BCUT2D eigenvalue weighted by Gasteiger charge is 2.68. The second-order valence-corrected chi connectivity index (χ2v) is 14.7. The molecule has 21 nitrogen and oxygen atoms in total. The first kappa shape index (κ1) is 44.6. The maximum atomic E-state index is 13.5. The lowest BCUT2D eigenvalue weighted by molar-refractivity contribution is -0.350. The van der Waals surface area contributed by atoms with Gasteiger partial charge in [-0.3, -0.25) is 33.0 Å². The molecule has 1 aromatic rings. The Bertz CT molecular complexity index is 1840. The third-order valence-electron chi connectivity index (χ3n) is 8.57. The van der Waals surface area contributed by atoms with Gasteiger partial charge in [0, 0.05) is 47.5 Å². The van der Waals surface area contributed by atoms with Crippen LogP contribution < -0.4 is 4.74 Å². The number of hydrogen-bond acceptors (Lipinski definition) is 21. The molecule has 2 heterocycles. The molecule has 0 spiro atoms. The number of ether oxygens (including phenoxy) is 10. The Kier molecular flexibility index (Phi) is 14.4. The Morgan fingerprint density at radius 3 is 1.84 bits per heavy atom. The van der Waals surface area contributed by atoms with Gasteiger partial charge < -0.3 is 52.5 Å². The fourth-order valence-corrected chi connectivity index (χ4v) is 7.24. The molecule has 0 unspecified atom stereocenters. The molecule has 1 aromatic carbocycles. The van der Waals surface area contributed by atoms with E-state index in [1.54, 1.807) is 0 Å². The molecular formula is C35H42O21S. The van der Waals surface area contributed by atoms with Crippen LogP contribution in [0.4, 0.5) is 0 Å². The number of aliphatic hydroxyl groups is 1. The number of benzene rings is 1. The van der Waals surface area contributed by atoms with Crippen molar-refractivity contribution < 1.29 is 98.6 Å². The van der Waals surface area contributed by atoms with Crippen LogP contribution in [0.2, 0.25) is 0 Å². The minimum Gasteiger partial charge on any atom is -0.472 e. The molecule has 0 aromatic heterocycles. The normalized spacial score (nSPS) is 30.4. The fraction of sp³-hybridized carbons (Fsp3) is 0.571. The third-order valence-corrected chi connectivity index (χ3v) is 9.12. The highest BCUT2D eigenvalue weighted by Crippen LogP contribution is 2.50. The monoisotopic (exact) mass is 830 g/mol. The van der Waals surface area contributed by atoms with Gasteiger partial charge in [0.25, 0.3) is 10.1 Å². The molecule has 4 rings (SSSR count). The van der Waals surface area contributed by atoms with Crippen LogP contribution in [0, 0.1) is 11.8 Å². The molecule has 2 aliphatic heterocycles. The largest absolute Gasteiger partial charge is 0.472 e. The zero-order chi connectivity index (χ0) is 42.4. The average molecular weight is 831 g/mol. The maximum Gasteiger partial charge on any atom is 0.338 e. The fourth-order valence-electron chi connectivity index (χ4n) is 6.58. The lowest BCUT2D eigenvalue weighted by Gasteiger charge is -2.46. The summed E-state index contributed by atoms with van der Waals surface area (Å²) in [6.07, 6.45) is -10.8. The van der Waals surface area contributed by atoms with E-state index in [4.69, 9.17) is 51.6 Å². The number of fused-ring (bicyclic) bond motifs is 1. The molecule has 314 valence electrons. The van der Waals surface area contributed by atoms with Crippen molar-refractivity contribution in [1.29, 1.82) is 0 Å². The van der Waals surface area contributed by atoms with Crippen LogP contribution in [0.25, 0.3) is 0 Å². The molecule has 0 radical (unpaired) electrons. The molecule has 2 fully saturated rings. The Labute approximate surface area is 325 Å². The second-order valence-electron chi connectivity index (χ2n) is 13.1. The summed E-state index contributed by atoms with van der Waals surface area (Å²) in [5.41, 5.74) is -2.73. The predicted molar refractivity (Wildman–Crippen MR) is 182 cm³/mol. The van der Waals surface area contributed by atoms with Crippen LogP contribution in [0.3, 0.4) is 0 Å². The van der Waals surface area contributed by atoms with Gasteiger partial charge in [0.15, 0.2) is 18.3 Å². The quantitative estimate of drug-likeness (QED) is 0.112. The topological polar surface area (TPSA) is 275 Å². The van der Waals surface area contributed by atoms with E-state index in [2.05, 4.69) is 0 Å².